The average molecular weight is 435 g/mol. The smallest absolute Gasteiger partial charge is 0.257 e. The molecule has 6 heteroatoms. The molecule has 0 saturated heterocycles. The van der Waals surface area contributed by atoms with Gasteiger partial charge in [0.1, 0.15) is 11.6 Å². The van der Waals surface area contributed by atoms with Crippen molar-refractivity contribution in [2.24, 2.45) is 0 Å². The predicted molar refractivity (Wildman–Crippen MR) is 122 cm³/mol. The summed E-state index contributed by atoms with van der Waals surface area (Å²) in [5, 5.41) is 3.29. The van der Waals surface area contributed by atoms with E-state index in [9.17, 15) is 9.18 Å². The van der Waals surface area contributed by atoms with Crippen LogP contribution >= 0.6 is 11.6 Å². The molecule has 156 valence electrons. The molecule has 0 radical (unpaired) electrons. The standard InChI is InChI=1S/C25H20ClFN2O2/c1-16-19(25(30)28-21-8-4-3-7-20(21)27)15-23(17-11-13-18(26)14-12-17)29(16)22-9-5-6-10-24(22)31-2/h3-15H,1-2H3,(H,28,30). The third-order valence-corrected chi connectivity index (χ3v) is 5.33. The molecule has 0 unspecified atom stereocenters. The van der Waals surface area contributed by atoms with Gasteiger partial charge < -0.3 is 14.6 Å². The second-order valence-corrected chi connectivity index (χ2v) is 7.41. The summed E-state index contributed by atoms with van der Waals surface area (Å²) in [6, 6.07) is 22.8. The Morgan fingerprint density at radius 1 is 1.00 bits per heavy atom. The average Bonchev–Trinajstić information content (AvgIpc) is 3.12. The lowest BCUT2D eigenvalue weighted by Crippen LogP contribution is -2.14. The Bertz CT molecular complexity index is 1250. The van der Waals surface area contributed by atoms with Crippen LogP contribution in [0.5, 0.6) is 5.75 Å². The Morgan fingerprint density at radius 2 is 1.68 bits per heavy atom. The summed E-state index contributed by atoms with van der Waals surface area (Å²) in [7, 11) is 1.60. The van der Waals surface area contributed by atoms with Gasteiger partial charge in [-0.3, -0.25) is 4.79 Å². The Kier molecular flexibility index (Phi) is 5.78. The first-order valence-electron chi connectivity index (χ1n) is 9.67. The summed E-state index contributed by atoms with van der Waals surface area (Å²) in [5.74, 6) is -0.223. The molecule has 1 N–H and O–H groups in total. The first-order chi connectivity index (χ1) is 15.0. The maximum Gasteiger partial charge on any atom is 0.257 e. The number of nitrogens with zero attached hydrogens (tertiary/aromatic N) is 1. The van der Waals surface area contributed by atoms with Crippen molar-refractivity contribution in [1.82, 2.24) is 4.57 Å². The van der Waals surface area contributed by atoms with Gasteiger partial charge in [0.25, 0.3) is 5.91 Å². The lowest BCUT2D eigenvalue weighted by molar-refractivity contribution is 0.102. The highest BCUT2D eigenvalue weighted by Gasteiger charge is 2.22. The molecular weight excluding hydrogens is 415 g/mol. The van der Waals surface area contributed by atoms with Gasteiger partial charge in [-0.05, 0) is 55.0 Å². The minimum absolute atomic E-state index is 0.130. The molecule has 4 nitrogen and oxygen atoms in total. The monoisotopic (exact) mass is 434 g/mol. The summed E-state index contributed by atoms with van der Waals surface area (Å²) in [6.45, 7) is 1.85. The van der Waals surface area contributed by atoms with E-state index in [0.29, 0.717) is 22.0 Å². The lowest BCUT2D eigenvalue weighted by Gasteiger charge is -2.15. The Labute approximate surface area is 184 Å². The molecule has 31 heavy (non-hydrogen) atoms. The molecule has 1 heterocycles. The number of anilines is 1. The van der Waals surface area contributed by atoms with E-state index in [1.807, 2.05) is 47.9 Å². The van der Waals surface area contributed by atoms with Crippen molar-refractivity contribution < 1.29 is 13.9 Å². The van der Waals surface area contributed by atoms with Crippen molar-refractivity contribution in [2.45, 2.75) is 6.92 Å². The quantitative estimate of drug-likeness (QED) is 0.389. The van der Waals surface area contributed by atoms with Crippen LogP contribution in [-0.4, -0.2) is 17.6 Å². The van der Waals surface area contributed by atoms with Crippen molar-refractivity contribution in [3.05, 3.63) is 101 Å². The number of amides is 1. The molecule has 1 amide bonds. The minimum Gasteiger partial charge on any atom is -0.495 e. The fourth-order valence-corrected chi connectivity index (χ4v) is 3.67. The molecule has 4 aromatic rings. The number of halogens is 2. The zero-order chi connectivity index (χ0) is 22.0. The number of carbonyl (C=O) groups excluding carboxylic acids is 1. The van der Waals surface area contributed by atoms with Gasteiger partial charge in [-0.15, -0.1) is 0 Å². The lowest BCUT2D eigenvalue weighted by atomic mass is 10.1. The van der Waals surface area contributed by atoms with Gasteiger partial charge in [0.2, 0.25) is 0 Å². The molecule has 0 aliphatic carbocycles. The van der Waals surface area contributed by atoms with Gasteiger partial charge in [-0.25, -0.2) is 4.39 Å². The fraction of sp³-hybridized carbons (Fsp3) is 0.0800. The van der Waals surface area contributed by atoms with Gasteiger partial charge in [-0.2, -0.15) is 0 Å². The number of ether oxygens (including phenoxy) is 1. The number of benzene rings is 3. The van der Waals surface area contributed by atoms with E-state index < -0.39 is 11.7 Å². The minimum atomic E-state index is -0.490. The molecular formula is C25H20ClFN2O2. The second-order valence-electron chi connectivity index (χ2n) is 6.98. The molecule has 0 fully saturated rings. The van der Waals surface area contributed by atoms with Gasteiger partial charge in [-0.1, -0.05) is 48.0 Å². The molecule has 4 rings (SSSR count). The summed E-state index contributed by atoms with van der Waals surface area (Å²) < 4.78 is 21.6. The molecule has 3 aromatic carbocycles. The predicted octanol–water partition coefficient (Wildman–Crippen LogP) is 6.51. The van der Waals surface area contributed by atoms with Crippen LogP contribution in [0.25, 0.3) is 16.9 Å². The third kappa shape index (κ3) is 4.05. The highest BCUT2D eigenvalue weighted by Crippen LogP contribution is 2.34. The van der Waals surface area contributed by atoms with Crippen LogP contribution in [-0.2, 0) is 0 Å². The first-order valence-corrected chi connectivity index (χ1v) is 10.0. The Hall–Kier alpha value is -3.57. The number of hydrogen-bond acceptors (Lipinski definition) is 2. The van der Waals surface area contributed by atoms with E-state index in [0.717, 1.165) is 16.9 Å². The largest absolute Gasteiger partial charge is 0.495 e. The van der Waals surface area contributed by atoms with E-state index in [4.69, 9.17) is 16.3 Å². The Morgan fingerprint density at radius 3 is 2.39 bits per heavy atom. The zero-order valence-electron chi connectivity index (χ0n) is 17.0. The van der Waals surface area contributed by atoms with Crippen LogP contribution in [0.1, 0.15) is 16.1 Å². The molecule has 0 saturated carbocycles. The van der Waals surface area contributed by atoms with E-state index in [1.165, 1.54) is 12.1 Å². The summed E-state index contributed by atoms with van der Waals surface area (Å²) in [6.07, 6.45) is 0. The molecule has 1 aromatic heterocycles. The zero-order valence-corrected chi connectivity index (χ0v) is 17.8. The topological polar surface area (TPSA) is 43.3 Å². The number of hydrogen-bond donors (Lipinski definition) is 1. The van der Waals surface area contributed by atoms with Crippen molar-refractivity contribution in [3.8, 4) is 22.7 Å². The SMILES string of the molecule is COc1ccccc1-n1c(-c2ccc(Cl)cc2)cc(C(=O)Nc2ccccc2F)c1C. The number of aromatic nitrogens is 1. The van der Waals surface area contributed by atoms with E-state index >= 15 is 0 Å². The van der Waals surface area contributed by atoms with Crippen LogP contribution in [0, 0.1) is 12.7 Å². The van der Waals surface area contributed by atoms with Gasteiger partial charge in [0.15, 0.2) is 0 Å². The van der Waals surface area contributed by atoms with E-state index in [-0.39, 0.29) is 5.69 Å². The second kappa shape index (κ2) is 8.66. The highest BCUT2D eigenvalue weighted by atomic mass is 35.5. The Balaban J connectivity index is 1.87. The van der Waals surface area contributed by atoms with Crippen molar-refractivity contribution in [3.63, 3.8) is 0 Å². The molecule has 0 bridgehead atoms. The van der Waals surface area contributed by atoms with Crippen molar-refractivity contribution in [1.29, 1.82) is 0 Å². The third-order valence-electron chi connectivity index (χ3n) is 5.08. The number of methoxy groups -OCH3 is 1. The van der Waals surface area contributed by atoms with Gasteiger partial charge in [0.05, 0.1) is 29.7 Å². The number of carbonyl (C=O) groups is 1. The van der Waals surface area contributed by atoms with Gasteiger partial charge in [0, 0.05) is 10.7 Å². The van der Waals surface area contributed by atoms with Crippen LogP contribution in [0.4, 0.5) is 10.1 Å². The van der Waals surface area contributed by atoms with Crippen molar-refractivity contribution >= 4 is 23.2 Å². The normalized spacial score (nSPS) is 10.7. The van der Waals surface area contributed by atoms with Gasteiger partial charge >= 0.3 is 0 Å². The number of rotatable bonds is 5. The molecule has 0 aliphatic rings. The summed E-state index contributed by atoms with van der Waals surface area (Å²) in [4.78, 5) is 13.1. The molecule has 0 aliphatic heterocycles. The molecule has 0 spiro atoms. The number of nitrogens with one attached hydrogen (secondary N) is 1. The van der Waals surface area contributed by atoms with E-state index in [1.54, 1.807) is 37.4 Å². The first kappa shape index (κ1) is 20.7. The summed E-state index contributed by atoms with van der Waals surface area (Å²) in [5.41, 5.74) is 3.71. The van der Waals surface area contributed by atoms with E-state index in [2.05, 4.69) is 5.32 Å². The van der Waals surface area contributed by atoms with Crippen LogP contribution in [0.3, 0.4) is 0 Å². The van der Waals surface area contributed by atoms with Crippen molar-refractivity contribution in [2.75, 3.05) is 12.4 Å². The van der Waals surface area contributed by atoms with Crippen LogP contribution in [0.2, 0.25) is 5.02 Å². The summed E-state index contributed by atoms with van der Waals surface area (Å²) >= 11 is 6.07. The molecule has 0 atom stereocenters. The maximum absolute atomic E-state index is 14.1. The van der Waals surface area contributed by atoms with Crippen LogP contribution < -0.4 is 10.1 Å². The highest BCUT2D eigenvalue weighted by molar-refractivity contribution is 6.30. The fourth-order valence-electron chi connectivity index (χ4n) is 3.55. The number of para-hydroxylation sites is 3. The van der Waals surface area contributed by atoms with Crippen LogP contribution in [0.15, 0.2) is 78.9 Å². The maximum atomic E-state index is 14.1.